The fourth-order valence-electron chi connectivity index (χ4n) is 6.16. The molecule has 2 N–H and O–H groups in total. The smallest absolute Gasteiger partial charge is 0.253 e. The highest BCUT2D eigenvalue weighted by atomic mass is 35.5. The number of nitrogens with zero attached hydrogens (tertiary/aromatic N) is 3. The van der Waals surface area contributed by atoms with E-state index in [9.17, 15) is 14.4 Å². The lowest BCUT2D eigenvalue weighted by atomic mass is 9.87. The van der Waals surface area contributed by atoms with Crippen LogP contribution in [0.25, 0.3) is 11.1 Å². The van der Waals surface area contributed by atoms with E-state index in [0.29, 0.717) is 12.8 Å². The lowest BCUT2D eigenvalue weighted by Crippen LogP contribution is -2.21. The van der Waals surface area contributed by atoms with Crippen LogP contribution in [-0.2, 0) is 42.3 Å². The van der Waals surface area contributed by atoms with Crippen LogP contribution in [0, 0.1) is 6.92 Å². The molecule has 9 heteroatoms. The number of nitrogens with one attached hydrogen (secondary N) is 2. The van der Waals surface area contributed by atoms with Crippen molar-refractivity contribution in [1.29, 1.82) is 0 Å². The van der Waals surface area contributed by atoms with Crippen molar-refractivity contribution in [3.8, 4) is 11.1 Å². The van der Waals surface area contributed by atoms with Gasteiger partial charge in [0.1, 0.15) is 0 Å². The molecule has 8 nitrogen and oxygen atoms in total. The van der Waals surface area contributed by atoms with E-state index in [1.807, 2.05) is 67.7 Å². The fourth-order valence-corrected chi connectivity index (χ4v) is 6.41. The van der Waals surface area contributed by atoms with Gasteiger partial charge < -0.3 is 15.2 Å². The normalized spacial score (nSPS) is 13.5. The molecular weight excluding hydrogens is 598 g/mol. The molecule has 0 fully saturated rings. The molecule has 5 aromatic rings. The molecule has 0 aliphatic carbocycles. The second-order valence-electron chi connectivity index (χ2n) is 11.7. The van der Waals surface area contributed by atoms with E-state index in [1.54, 1.807) is 36.4 Å². The van der Waals surface area contributed by atoms with Gasteiger partial charge in [-0.3, -0.25) is 24.4 Å². The molecular formula is C37H34ClN5O3. The number of halogens is 1. The molecule has 2 aromatic carbocycles. The molecule has 3 aromatic heterocycles. The predicted molar refractivity (Wildman–Crippen MR) is 181 cm³/mol. The van der Waals surface area contributed by atoms with E-state index in [2.05, 4.69) is 20.6 Å². The summed E-state index contributed by atoms with van der Waals surface area (Å²) in [6.45, 7) is 1.84. The maximum absolute atomic E-state index is 12.1. The van der Waals surface area contributed by atoms with Crippen LogP contribution < -0.4 is 16.2 Å². The van der Waals surface area contributed by atoms with Gasteiger partial charge in [0.15, 0.2) is 0 Å². The van der Waals surface area contributed by atoms with Crippen molar-refractivity contribution in [2.45, 2.75) is 45.4 Å². The monoisotopic (exact) mass is 631 g/mol. The van der Waals surface area contributed by atoms with Gasteiger partial charge in [0, 0.05) is 72.8 Å². The number of anilines is 2. The number of fused-ring (bicyclic) bond motifs is 2. The zero-order valence-electron chi connectivity index (χ0n) is 25.8. The van der Waals surface area contributed by atoms with Crippen molar-refractivity contribution in [3.63, 3.8) is 0 Å². The van der Waals surface area contributed by atoms with Crippen LogP contribution in [0.5, 0.6) is 0 Å². The Kier molecular flexibility index (Phi) is 9.08. The summed E-state index contributed by atoms with van der Waals surface area (Å²) >= 11 is 6.32. The Bertz CT molecular complexity index is 1960. The highest BCUT2D eigenvalue weighted by Crippen LogP contribution is 2.36. The van der Waals surface area contributed by atoms with Gasteiger partial charge >= 0.3 is 0 Å². The van der Waals surface area contributed by atoms with Gasteiger partial charge in [-0.05, 0) is 126 Å². The number of hydrogen-bond acceptors (Lipinski definition) is 5. The summed E-state index contributed by atoms with van der Waals surface area (Å²) in [7, 11) is 1.78. The van der Waals surface area contributed by atoms with Crippen molar-refractivity contribution in [1.82, 2.24) is 14.5 Å². The summed E-state index contributed by atoms with van der Waals surface area (Å²) < 4.78 is 1.63. The van der Waals surface area contributed by atoms with Crippen molar-refractivity contribution in [2.75, 3.05) is 10.6 Å². The first-order valence-corrected chi connectivity index (χ1v) is 15.6. The van der Waals surface area contributed by atoms with Crippen LogP contribution in [-0.4, -0.2) is 26.3 Å². The first kappa shape index (κ1) is 30.9. The number of aryl methyl sites for hydroxylation is 2. The van der Waals surface area contributed by atoms with Gasteiger partial charge in [-0.15, -0.1) is 0 Å². The van der Waals surface area contributed by atoms with Crippen molar-refractivity contribution in [3.05, 3.63) is 140 Å². The van der Waals surface area contributed by atoms with Crippen molar-refractivity contribution < 1.29 is 9.59 Å². The second kappa shape index (κ2) is 13.5. The first-order chi connectivity index (χ1) is 22.3. The van der Waals surface area contributed by atoms with Gasteiger partial charge in [0.25, 0.3) is 5.56 Å². The van der Waals surface area contributed by atoms with Crippen LogP contribution in [0.2, 0.25) is 5.02 Å². The van der Waals surface area contributed by atoms with Gasteiger partial charge in [0.05, 0.1) is 0 Å². The highest BCUT2D eigenvalue weighted by Gasteiger charge is 2.22. The van der Waals surface area contributed by atoms with Gasteiger partial charge in [-0.25, -0.2) is 0 Å². The Morgan fingerprint density at radius 3 is 1.80 bits per heavy atom. The number of hydrogen-bond donors (Lipinski definition) is 2. The van der Waals surface area contributed by atoms with Crippen LogP contribution in [0.1, 0.15) is 51.8 Å². The van der Waals surface area contributed by atoms with Gasteiger partial charge in [0.2, 0.25) is 11.8 Å². The number of amides is 2. The molecule has 0 saturated heterocycles. The zero-order valence-corrected chi connectivity index (χ0v) is 26.5. The third-order valence-electron chi connectivity index (χ3n) is 8.49. The lowest BCUT2D eigenvalue weighted by Gasteiger charge is -2.23. The van der Waals surface area contributed by atoms with Gasteiger partial charge in [-0.1, -0.05) is 17.7 Å². The summed E-state index contributed by atoms with van der Waals surface area (Å²) in [4.78, 5) is 43.5. The van der Waals surface area contributed by atoms with E-state index in [1.165, 1.54) is 16.7 Å². The molecule has 2 aliphatic heterocycles. The summed E-state index contributed by atoms with van der Waals surface area (Å²) in [5, 5.41) is 6.65. The van der Waals surface area contributed by atoms with E-state index >= 15 is 0 Å². The molecule has 0 spiro atoms. The SMILES string of the molecule is Cc1cc(-c2ccc3c(c2Cc2ccncc2)CCC(=O)N3)cn(C)c1=O.O=C1CCc2c(ccc(Cl)c2Cc2ccncc2)N1. The Balaban J connectivity index is 0.000000172. The van der Waals surface area contributed by atoms with E-state index in [4.69, 9.17) is 11.6 Å². The molecule has 0 atom stereocenters. The molecule has 2 aliphatic rings. The molecule has 0 radical (unpaired) electrons. The minimum absolute atomic E-state index is 0.0136. The standard InChI is InChI=1S/C22H21N3O2.C15H13ClN2O/c1-14-11-16(13-25(2)22(14)27)17-3-5-20-18(4-6-21(26)24-20)19(17)12-15-7-9-23-10-8-15;16-13-2-3-14-11(1-4-15(19)18-14)12(13)9-10-5-7-17-8-6-10/h3,5,7-11,13H,4,6,12H2,1-2H3,(H,24,26);2-3,5-8H,1,4,9H2,(H,18,19). The average molecular weight is 632 g/mol. The number of carbonyl (C=O) groups is 2. The minimum atomic E-state index is 0.0136. The quantitative estimate of drug-likeness (QED) is 0.232. The largest absolute Gasteiger partial charge is 0.326 e. The molecule has 2 amide bonds. The third kappa shape index (κ3) is 6.77. The fraction of sp³-hybridized carbons (Fsp3) is 0.216. The van der Waals surface area contributed by atoms with Crippen LogP contribution >= 0.6 is 11.6 Å². The number of benzene rings is 2. The molecule has 0 bridgehead atoms. The third-order valence-corrected chi connectivity index (χ3v) is 8.85. The van der Waals surface area contributed by atoms with Gasteiger partial charge in [-0.2, -0.15) is 0 Å². The highest BCUT2D eigenvalue weighted by molar-refractivity contribution is 6.31. The van der Waals surface area contributed by atoms with Crippen molar-refractivity contribution in [2.24, 2.45) is 7.05 Å². The first-order valence-electron chi connectivity index (χ1n) is 15.3. The topological polar surface area (TPSA) is 106 Å². The minimum Gasteiger partial charge on any atom is -0.326 e. The predicted octanol–water partition coefficient (Wildman–Crippen LogP) is 6.44. The van der Waals surface area contributed by atoms with Crippen molar-refractivity contribution >= 4 is 34.8 Å². The Labute approximate surface area is 272 Å². The molecule has 232 valence electrons. The average Bonchev–Trinajstić information content (AvgIpc) is 3.06. The van der Waals surface area contributed by atoms with E-state index in [-0.39, 0.29) is 17.4 Å². The summed E-state index contributed by atoms with van der Waals surface area (Å²) in [6, 6.07) is 17.7. The van der Waals surface area contributed by atoms with Crippen LogP contribution in [0.15, 0.2) is 90.4 Å². The molecule has 0 saturated carbocycles. The summed E-state index contributed by atoms with van der Waals surface area (Å²) in [6.07, 6.45) is 13.0. The Hall–Kier alpha value is -5.08. The molecule has 5 heterocycles. The molecule has 46 heavy (non-hydrogen) atoms. The Morgan fingerprint density at radius 2 is 1.24 bits per heavy atom. The summed E-state index contributed by atoms with van der Waals surface area (Å²) in [5.74, 6) is 0.132. The second-order valence-corrected chi connectivity index (χ2v) is 12.1. The molecule has 0 unspecified atom stereocenters. The van der Waals surface area contributed by atoms with Crippen LogP contribution in [0.4, 0.5) is 11.4 Å². The number of rotatable bonds is 5. The number of carbonyl (C=O) groups excluding carboxylic acids is 2. The maximum Gasteiger partial charge on any atom is 0.253 e. The molecule has 7 rings (SSSR count). The number of pyridine rings is 3. The zero-order chi connectivity index (χ0) is 32.2. The maximum atomic E-state index is 12.1. The number of aromatic nitrogens is 3. The van der Waals surface area contributed by atoms with Crippen LogP contribution in [0.3, 0.4) is 0 Å². The van der Waals surface area contributed by atoms with E-state index < -0.39 is 0 Å². The summed E-state index contributed by atoms with van der Waals surface area (Å²) in [5.41, 5.74) is 11.6. The lowest BCUT2D eigenvalue weighted by molar-refractivity contribution is -0.117. The Morgan fingerprint density at radius 1 is 0.717 bits per heavy atom. The van der Waals surface area contributed by atoms with E-state index in [0.717, 1.165) is 75.5 Å².